The Bertz CT molecular complexity index is 221. The largest absolute Gasteiger partial charge is 0.389 e. The molecule has 1 atom stereocenters. The molecule has 0 saturated heterocycles. The lowest BCUT2D eigenvalue weighted by Crippen LogP contribution is -2.24. The molecule has 1 unspecified atom stereocenters. The van der Waals surface area contributed by atoms with Crippen molar-refractivity contribution in [1.82, 2.24) is 0 Å². The van der Waals surface area contributed by atoms with E-state index in [0.717, 1.165) is 0 Å². The fourth-order valence-corrected chi connectivity index (χ4v) is 1.41. The Morgan fingerprint density at radius 1 is 1.06 bits per heavy atom. The topological polar surface area (TPSA) is 46.5 Å². The van der Waals surface area contributed by atoms with Crippen molar-refractivity contribution in [1.29, 1.82) is 0 Å². The fourth-order valence-electron chi connectivity index (χ4n) is 1.03. The Labute approximate surface area is 87.3 Å². The number of hydrogen-bond donors (Lipinski definition) is 1. The van der Waals surface area contributed by atoms with Crippen LogP contribution in [-0.2, 0) is 9.09 Å². The molecule has 0 aromatic carbocycles. The quantitative estimate of drug-likeness (QED) is 0.619. The van der Waals surface area contributed by atoms with Gasteiger partial charge < -0.3 is 9.42 Å². The van der Waals surface area contributed by atoms with E-state index in [1.807, 2.05) is 0 Å². The maximum atomic E-state index is 11.9. The van der Waals surface area contributed by atoms with Crippen molar-refractivity contribution < 1.29 is 40.3 Å². The summed E-state index contributed by atoms with van der Waals surface area (Å²) in [6.45, 7) is -1.05. The molecule has 16 heavy (non-hydrogen) atoms. The molecule has 0 saturated carbocycles. The minimum Gasteiger partial charge on any atom is -0.326 e. The molecular formula is C6H9F6O3P. The molecule has 3 nitrogen and oxygen atoms in total. The van der Waals surface area contributed by atoms with E-state index in [9.17, 15) is 30.9 Å². The maximum absolute atomic E-state index is 11.9. The van der Waals surface area contributed by atoms with Crippen molar-refractivity contribution in [2.24, 2.45) is 5.92 Å². The van der Waals surface area contributed by atoms with E-state index in [1.165, 1.54) is 0 Å². The zero-order chi connectivity index (χ0) is 13.0. The van der Waals surface area contributed by atoms with E-state index < -0.39 is 46.0 Å². The van der Waals surface area contributed by atoms with Gasteiger partial charge >= 0.3 is 20.6 Å². The first-order valence-corrected chi connectivity index (χ1v) is 5.25. The van der Waals surface area contributed by atoms with Crippen LogP contribution in [-0.4, -0.2) is 23.9 Å². The predicted molar refractivity (Wildman–Crippen MR) is 42.0 cm³/mol. The van der Waals surface area contributed by atoms with Crippen LogP contribution in [0.15, 0.2) is 0 Å². The van der Waals surface area contributed by atoms with Gasteiger partial charge in [-0.15, -0.1) is 0 Å². The summed E-state index contributed by atoms with van der Waals surface area (Å²) in [7, 11) is -3.52. The van der Waals surface area contributed by atoms with Crippen molar-refractivity contribution in [2.75, 3.05) is 6.61 Å². The van der Waals surface area contributed by atoms with Gasteiger partial charge in [-0.1, -0.05) is 0 Å². The van der Waals surface area contributed by atoms with Gasteiger partial charge in [0.25, 0.3) is 0 Å². The first kappa shape index (κ1) is 15.7. The van der Waals surface area contributed by atoms with Gasteiger partial charge in [0, 0.05) is 12.8 Å². The Morgan fingerprint density at radius 3 is 1.69 bits per heavy atom. The predicted octanol–water partition coefficient (Wildman–Crippen LogP) is 2.91. The van der Waals surface area contributed by atoms with Crippen molar-refractivity contribution in [3.05, 3.63) is 0 Å². The van der Waals surface area contributed by atoms with Crippen LogP contribution in [0.5, 0.6) is 0 Å². The molecule has 0 aromatic heterocycles. The molecule has 0 rings (SSSR count). The van der Waals surface area contributed by atoms with Gasteiger partial charge in [-0.25, -0.2) is 0 Å². The summed E-state index contributed by atoms with van der Waals surface area (Å²) in [4.78, 5) is 8.16. The minimum absolute atomic E-state index is 1.05. The van der Waals surface area contributed by atoms with Crippen LogP contribution >= 0.6 is 8.25 Å². The first-order chi connectivity index (χ1) is 6.99. The monoisotopic (exact) mass is 274 g/mol. The third kappa shape index (κ3) is 10.3. The molecular weight excluding hydrogens is 265 g/mol. The molecule has 0 bridgehead atoms. The van der Waals surface area contributed by atoms with Crippen LogP contribution < -0.4 is 0 Å². The van der Waals surface area contributed by atoms with E-state index >= 15 is 0 Å². The molecule has 0 radical (unpaired) electrons. The molecule has 10 heteroatoms. The Hall–Kier alpha value is -0.270. The van der Waals surface area contributed by atoms with Gasteiger partial charge in [0.1, 0.15) is 0 Å². The van der Waals surface area contributed by atoms with Crippen molar-refractivity contribution in [3.8, 4) is 0 Å². The standard InChI is InChI=1S/C6H9F6O3P/c7-5(8,9)1-4(2-6(10,11)12)3-15-16(13)14/h4,16H,1-3H2,(H,13,14). The smallest absolute Gasteiger partial charge is 0.326 e. The van der Waals surface area contributed by atoms with Crippen LogP contribution in [0.25, 0.3) is 0 Å². The maximum Gasteiger partial charge on any atom is 0.389 e. The average molecular weight is 274 g/mol. The second-order valence-electron chi connectivity index (χ2n) is 3.08. The number of halogens is 6. The summed E-state index contributed by atoms with van der Waals surface area (Å²) >= 11 is 0. The van der Waals surface area contributed by atoms with E-state index in [2.05, 4.69) is 4.52 Å². The molecule has 0 heterocycles. The van der Waals surface area contributed by atoms with Crippen LogP contribution in [0.4, 0.5) is 26.3 Å². The first-order valence-electron chi connectivity index (χ1n) is 3.99. The van der Waals surface area contributed by atoms with E-state index in [1.54, 1.807) is 0 Å². The molecule has 0 fully saturated rings. The highest BCUT2D eigenvalue weighted by molar-refractivity contribution is 7.32. The van der Waals surface area contributed by atoms with Gasteiger partial charge in [0.2, 0.25) is 0 Å². The summed E-state index contributed by atoms with van der Waals surface area (Å²) < 4.78 is 85.0. The number of alkyl halides is 6. The molecule has 0 amide bonds. The van der Waals surface area contributed by atoms with Gasteiger partial charge in [-0.2, -0.15) is 26.3 Å². The molecule has 0 aliphatic heterocycles. The van der Waals surface area contributed by atoms with Gasteiger partial charge in [0.05, 0.1) is 6.61 Å². The highest BCUT2D eigenvalue weighted by Gasteiger charge is 2.39. The summed E-state index contributed by atoms with van der Waals surface area (Å²) in [5.74, 6) is -1.90. The number of hydrogen-bond acceptors (Lipinski definition) is 2. The second kappa shape index (κ2) is 5.88. The lowest BCUT2D eigenvalue weighted by atomic mass is 10.0. The summed E-state index contributed by atoms with van der Waals surface area (Å²) in [5, 5.41) is 0. The normalized spacial score (nSPS) is 15.5. The van der Waals surface area contributed by atoms with Crippen LogP contribution in [0, 0.1) is 5.92 Å². The zero-order valence-electron chi connectivity index (χ0n) is 7.73. The summed E-state index contributed by atoms with van der Waals surface area (Å²) in [6.07, 6.45) is -13.0. The van der Waals surface area contributed by atoms with Crippen molar-refractivity contribution in [3.63, 3.8) is 0 Å². The molecule has 1 N–H and O–H groups in total. The van der Waals surface area contributed by atoms with E-state index in [-0.39, 0.29) is 0 Å². The summed E-state index contributed by atoms with van der Waals surface area (Å²) in [5.41, 5.74) is 0. The molecule has 0 aliphatic carbocycles. The van der Waals surface area contributed by atoms with Crippen LogP contribution in [0.3, 0.4) is 0 Å². The Kier molecular flexibility index (Phi) is 5.78. The third-order valence-electron chi connectivity index (χ3n) is 1.48. The van der Waals surface area contributed by atoms with Gasteiger partial charge in [-0.05, 0) is 5.92 Å². The molecule has 0 aliphatic rings. The SMILES string of the molecule is O=[PH](O)OCC(CC(F)(F)F)CC(F)(F)F. The van der Waals surface area contributed by atoms with Gasteiger partial charge in [0.15, 0.2) is 0 Å². The zero-order valence-corrected chi connectivity index (χ0v) is 8.73. The molecule has 0 spiro atoms. The van der Waals surface area contributed by atoms with E-state index in [0.29, 0.717) is 0 Å². The highest BCUT2D eigenvalue weighted by atomic mass is 31.1. The summed E-state index contributed by atoms with van der Waals surface area (Å²) in [6, 6.07) is 0. The van der Waals surface area contributed by atoms with E-state index in [4.69, 9.17) is 4.89 Å². The number of rotatable bonds is 5. The lowest BCUT2D eigenvalue weighted by Gasteiger charge is -2.19. The van der Waals surface area contributed by atoms with Crippen molar-refractivity contribution in [2.45, 2.75) is 25.2 Å². The molecule has 0 aromatic rings. The van der Waals surface area contributed by atoms with Gasteiger partial charge in [-0.3, -0.25) is 4.57 Å². The minimum atomic E-state index is -4.77. The lowest BCUT2D eigenvalue weighted by molar-refractivity contribution is -0.176. The Morgan fingerprint density at radius 2 is 1.44 bits per heavy atom. The third-order valence-corrected chi connectivity index (χ3v) is 1.90. The van der Waals surface area contributed by atoms with Crippen LogP contribution in [0.2, 0.25) is 0 Å². The average Bonchev–Trinajstić information content (AvgIpc) is 1.93. The second-order valence-corrected chi connectivity index (χ2v) is 3.90. The Balaban J connectivity index is 4.33. The van der Waals surface area contributed by atoms with Crippen molar-refractivity contribution >= 4 is 8.25 Å². The highest BCUT2D eigenvalue weighted by Crippen LogP contribution is 2.34. The fraction of sp³-hybridized carbons (Fsp3) is 1.00. The molecule has 98 valence electrons. The van der Waals surface area contributed by atoms with Crippen LogP contribution in [0.1, 0.15) is 12.8 Å².